The van der Waals surface area contributed by atoms with Gasteiger partial charge in [0.25, 0.3) is 0 Å². The molecule has 2 nitrogen and oxygen atoms in total. The van der Waals surface area contributed by atoms with Crippen LogP contribution in [0.1, 0.15) is 16.7 Å². The second-order valence-electron chi connectivity index (χ2n) is 4.91. The van der Waals surface area contributed by atoms with Crippen LogP contribution in [0.25, 0.3) is 10.1 Å². The van der Waals surface area contributed by atoms with Crippen molar-refractivity contribution in [3.63, 3.8) is 0 Å². The molecule has 0 aliphatic carbocycles. The zero-order valence-electron chi connectivity index (χ0n) is 11.8. The SMILES string of the molecule is C#Cc1cccc2c(NCc3ccc(C(F)(F)F)cc3)nsc12. The Morgan fingerprint density at radius 2 is 1.87 bits per heavy atom. The molecule has 0 unspecified atom stereocenters. The number of aromatic nitrogens is 1. The van der Waals surface area contributed by atoms with E-state index in [1.54, 1.807) is 0 Å². The number of anilines is 1. The molecule has 0 saturated carbocycles. The summed E-state index contributed by atoms with van der Waals surface area (Å²) in [5.74, 6) is 3.30. The summed E-state index contributed by atoms with van der Waals surface area (Å²) in [6.45, 7) is 0.386. The van der Waals surface area contributed by atoms with Gasteiger partial charge >= 0.3 is 6.18 Å². The minimum Gasteiger partial charge on any atom is -0.365 e. The van der Waals surface area contributed by atoms with E-state index in [1.807, 2.05) is 18.2 Å². The molecule has 1 heterocycles. The van der Waals surface area contributed by atoms with E-state index in [9.17, 15) is 13.2 Å². The first-order valence-corrected chi connectivity index (χ1v) is 7.51. The number of benzene rings is 2. The van der Waals surface area contributed by atoms with E-state index in [4.69, 9.17) is 6.42 Å². The van der Waals surface area contributed by atoms with Crippen molar-refractivity contribution >= 4 is 27.4 Å². The fraction of sp³-hybridized carbons (Fsp3) is 0.118. The van der Waals surface area contributed by atoms with Crippen molar-refractivity contribution in [1.29, 1.82) is 0 Å². The molecule has 3 aromatic rings. The maximum absolute atomic E-state index is 12.5. The molecule has 0 bridgehead atoms. The smallest absolute Gasteiger partial charge is 0.365 e. The van der Waals surface area contributed by atoms with Crippen molar-refractivity contribution in [1.82, 2.24) is 4.37 Å². The summed E-state index contributed by atoms with van der Waals surface area (Å²) in [4.78, 5) is 0. The third-order valence-electron chi connectivity index (χ3n) is 3.40. The predicted octanol–water partition coefficient (Wildman–Crippen LogP) is 4.91. The Labute approximate surface area is 135 Å². The molecule has 0 aliphatic rings. The minimum atomic E-state index is -4.32. The van der Waals surface area contributed by atoms with Crippen LogP contribution in [0.5, 0.6) is 0 Å². The van der Waals surface area contributed by atoms with Gasteiger partial charge in [0.2, 0.25) is 0 Å². The summed E-state index contributed by atoms with van der Waals surface area (Å²) in [5, 5.41) is 4.06. The molecule has 2 aromatic carbocycles. The number of hydrogen-bond donors (Lipinski definition) is 1. The van der Waals surface area contributed by atoms with Crippen molar-refractivity contribution in [3.05, 3.63) is 59.2 Å². The van der Waals surface area contributed by atoms with Crippen LogP contribution in [0, 0.1) is 12.3 Å². The van der Waals surface area contributed by atoms with Gasteiger partial charge in [0, 0.05) is 17.5 Å². The van der Waals surface area contributed by atoms with Gasteiger partial charge in [-0.1, -0.05) is 24.1 Å². The lowest BCUT2D eigenvalue weighted by atomic mass is 10.1. The quantitative estimate of drug-likeness (QED) is 0.690. The highest BCUT2D eigenvalue weighted by atomic mass is 32.1. The van der Waals surface area contributed by atoms with Gasteiger partial charge in [-0.2, -0.15) is 17.5 Å². The summed E-state index contributed by atoms with van der Waals surface area (Å²) in [6, 6.07) is 10.7. The minimum absolute atomic E-state index is 0.386. The van der Waals surface area contributed by atoms with Gasteiger partial charge < -0.3 is 5.32 Å². The topological polar surface area (TPSA) is 24.9 Å². The van der Waals surface area contributed by atoms with Crippen LogP contribution >= 0.6 is 11.5 Å². The molecule has 0 spiro atoms. The molecule has 1 N–H and O–H groups in total. The summed E-state index contributed by atoms with van der Waals surface area (Å²) < 4.78 is 42.9. The van der Waals surface area contributed by atoms with E-state index in [1.165, 1.54) is 23.7 Å². The Bertz CT molecular complexity index is 873. The molecule has 0 aliphatic heterocycles. The highest BCUT2D eigenvalue weighted by molar-refractivity contribution is 7.14. The van der Waals surface area contributed by atoms with Gasteiger partial charge in [0.05, 0.1) is 10.3 Å². The normalized spacial score (nSPS) is 11.4. The standard InChI is InChI=1S/C17H11F3N2S/c1-2-12-4-3-5-14-15(12)23-22-16(14)21-10-11-6-8-13(9-7-11)17(18,19)20/h1,3-9H,10H2,(H,21,22). The van der Waals surface area contributed by atoms with E-state index < -0.39 is 11.7 Å². The predicted molar refractivity (Wildman–Crippen MR) is 86.3 cm³/mol. The monoisotopic (exact) mass is 332 g/mol. The zero-order chi connectivity index (χ0) is 16.4. The van der Waals surface area contributed by atoms with Gasteiger partial charge in [-0.15, -0.1) is 6.42 Å². The Kier molecular flexibility index (Phi) is 3.97. The molecule has 0 atom stereocenters. The third kappa shape index (κ3) is 3.15. The van der Waals surface area contributed by atoms with Crippen LogP contribution in [0.2, 0.25) is 0 Å². The average Bonchev–Trinajstić information content (AvgIpc) is 2.95. The maximum atomic E-state index is 12.5. The van der Waals surface area contributed by atoms with Crippen molar-refractivity contribution < 1.29 is 13.2 Å². The number of terminal acetylenes is 1. The molecular formula is C17H11F3N2S. The fourth-order valence-electron chi connectivity index (χ4n) is 2.20. The molecule has 0 amide bonds. The molecule has 0 fully saturated rings. The molecule has 0 saturated heterocycles. The summed E-state index contributed by atoms with van der Waals surface area (Å²) >= 11 is 1.30. The lowest BCUT2D eigenvalue weighted by Crippen LogP contribution is -2.05. The maximum Gasteiger partial charge on any atom is 0.416 e. The molecule has 6 heteroatoms. The van der Waals surface area contributed by atoms with Gasteiger partial charge in [-0.3, -0.25) is 0 Å². The fourth-order valence-corrected chi connectivity index (χ4v) is 3.03. The molecule has 116 valence electrons. The number of fused-ring (bicyclic) bond motifs is 1. The Morgan fingerprint density at radius 3 is 2.52 bits per heavy atom. The number of alkyl halides is 3. The average molecular weight is 332 g/mol. The largest absolute Gasteiger partial charge is 0.416 e. The summed E-state index contributed by atoms with van der Waals surface area (Å²) in [5.41, 5.74) is 0.869. The number of nitrogens with one attached hydrogen (secondary N) is 1. The number of halogens is 3. The van der Waals surface area contributed by atoms with Crippen molar-refractivity contribution in [3.8, 4) is 12.3 Å². The van der Waals surface area contributed by atoms with Gasteiger partial charge in [-0.05, 0) is 41.4 Å². The second kappa shape index (κ2) is 5.94. The number of hydrogen-bond acceptors (Lipinski definition) is 3. The van der Waals surface area contributed by atoms with Crippen LogP contribution in [0.3, 0.4) is 0 Å². The first-order chi connectivity index (χ1) is 11.0. The van der Waals surface area contributed by atoms with E-state index in [0.29, 0.717) is 12.4 Å². The molecule has 3 rings (SSSR count). The molecule has 1 aromatic heterocycles. The highest BCUT2D eigenvalue weighted by Gasteiger charge is 2.29. The van der Waals surface area contributed by atoms with Crippen molar-refractivity contribution in [2.24, 2.45) is 0 Å². The van der Waals surface area contributed by atoms with Crippen LogP contribution in [0.15, 0.2) is 42.5 Å². The first-order valence-electron chi connectivity index (χ1n) is 6.74. The second-order valence-corrected chi connectivity index (χ2v) is 5.68. The molecular weight excluding hydrogens is 321 g/mol. The Balaban J connectivity index is 1.78. The summed E-state index contributed by atoms with van der Waals surface area (Å²) in [7, 11) is 0. The van der Waals surface area contributed by atoms with Crippen molar-refractivity contribution in [2.75, 3.05) is 5.32 Å². The van der Waals surface area contributed by atoms with Gasteiger partial charge in [0.1, 0.15) is 5.82 Å². The number of rotatable bonds is 3. The van der Waals surface area contributed by atoms with Crippen LogP contribution < -0.4 is 5.32 Å². The Hall–Kier alpha value is -2.52. The lowest BCUT2D eigenvalue weighted by molar-refractivity contribution is -0.137. The number of nitrogens with zero attached hydrogens (tertiary/aromatic N) is 1. The highest BCUT2D eigenvalue weighted by Crippen LogP contribution is 2.31. The van der Waals surface area contributed by atoms with E-state index in [-0.39, 0.29) is 0 Å². The third-order valence-corrected chi connectivity index (χ3v) is 4.29. The van der Waals surface area contributed by atoms with E-state index >= 15 is 0 Å². The molecule has 23 heavy (non-hydrogen) atoms. The van der Waals surface area contributed by atoms with Gasteiger partial charge in [0.15, 0.2) is 0 Å². The van der Waals surface area contributed by atoms with Crippen LogP contribution in [0.4, 0.5) is 19.0 Å². The van der Waals surface area contributed by atoms with Crippen molar-refractivity contribution in [2.45, 2.75) is 12.7 Å². The lowest BCUT2D eigenvalue weighted by Gasteiger charge is -2.08. The van der Waals surface area contributed by atoms with E-state index in [0.717, 1.165) is 33.3 Å². The van der Waals surface area contributed by atoms with Gasteiger partial charge in [-0.25, -0.2) is 0 Å². The first kappa shape index (κ1) is 15.4. The Morgan fingerprint density at radius 1 is 1.13 bits per heavy atom. The zero-order valence-corrected chi connectivity index (χ0v) is 12.6. The van der Waals surface area contributed by atoms with E-state index in [2.05, 4.69) is 15.6 Å². The molecule has 0 radical (unpaired) electrons. The van der Waals surface area contributed by atoms with Crippen LogP contribution in [-0.2, 0) is 12.7 Å². The summed E-state index contributed by atoms with van der Waals surface area (Å²) in [6.07, 6.45) is 1.14. The van der Waals surface area contributed by atoms with Crippen LogP contribution in [-0.4, -0.2) is 4.37 Å².